The summed E-state index contributed by atoms with van der Waals surface area (Å²) in [5.41, 5.74) is 1.28. The standard InChI is InChI=1S/C26H36N6O.HI/c1-2-27-26(30-20-23(24-12-9-19-33-24)31-16-7-4-8-17-31)29-14-13-25-28-15-18-32(25)21-22-10-5-3-6-11-22;/h3,5-6,9-12,15,18-19,23H,2,4,7-8,13-14,16-17,20-21H2,1H3,(H2,27,29,30);1H. The molecule has 34 heavy (non-hydrogen) atoms. The Bertz CT molecular complexity index is 966. The van der Waals surface area contributed by atoms with E-state index in [0.29, 0.717) is 6.54 Å². The topological polar surface area (TPSA) is 70.6 Å². The Kier molecular flexibility index (Phi) is 10.9. The van der Waals surface area contributed by atoms with Crippen molar-refractivity contribution in [2.24, 2.45) is 4.99 Å². The Morgan fingerprint density at radius 1 is 1.09 bits per heavy atom. The van der Waals surface area contributed by atoms with Crippen LogP contribution in [0.15, 0.2) is 70.5 Å². The highest BCUT2D eigenvalue weighted by Crippen LogP contribution is 2.25. The van der Waals surface area contributed by atoms with Crippen molar-refractivity contribution >= 4 is 29.9 Å². The van der Waals surface area contributed by atoms with Crippen molar-refractivity contribution < 1.29 is 4.42 Å². The summed E-state index contributed by atoms with van der Waals surface area (Å²) in [6, 6.07) is 14.7. The fourth-order valence-electron chi connectivity index (χ4n) is 4.40. The first kappa shape index (κ1) is 26.3. The van der Waals surface area contributed by atoms with Crippen molar-refractivity contribution in [1.29, 1.82) is 0 Å². The van der Waals surface area contributed by atoms with Gasteiger partial charge in [-0.3, -0.25) is 9.89 Å². The number of hydrogen-bond donors (Lipinski definition) is 2. The maximum atomic E-state index is 5.77. The van der Waals surface area contributed by atoms with Gasteiger partial charge in [-0.15, -0.1) is 24.0 Å². The average Bonchev–Trinajstić information content (AvgIpc) is 3.53. The van der Waals surface area contributed by atoms with Gasteiger partial charge in [0.1, 0.15) is 11.6 Å². The molecular formula is C26H37IN6O. The Hall–Kier alpha value is -2.33. The first-order chi connectivity index (χ1) is 16.3. The van der Waals surface area contributed by atoms with Crippen LogP contribution < -0.4 is 10.6 Å². The molecule has 1 fully saturated rings. The molecule has 3 heterocycles. The Balaban J connectivity index is 0.00000324. The van der Waals surface area contributed by atoms with E-state index in [1.54, 1.807) is 6.26 Å². The molecule has 1 aliphatic rings. The molecule has 1 unspecified atom stereocenters. The molecular weight excluding hydrogens is 539 g/mol. The lowest BCUT2D eigenvalue weighted by atomic mass is 10.1. The number of aliphatic imine (C=N–C) groups is 1. The SMILES string of the molecule is CCNC(=NCC(c1ccco1)N1CCCCC1)NCCc1nccn1Cc1ccccc1.I. The highest BCUT2D eigenvalue weighted by atomic mass is 127. The number of nitrogens with zero attached hydrogens (tertiary/aromatic N) is 4. The Labute approximate surface area is 220 Å². The van der Waals surface area contributed by atoms with E-state index in [-0.39, 0.29) is 30.0 Å². The lowest BCUT2D eigenvalue weighted by molar-refractivity contribution is 0.150. The van der Waals surface area contributed by atoms with Gasteiger partial charge in [0.25, 0.3) is 0 Å². The summed E-state index contributed by atoms with van der Waals surface area (Å²) in [6.45, 7) is 7.41. The van der Waals surface area contributed by atoms with E-state index in [9.17, 15) is 0 Å². The minimum atomic E-state index is 0. The second-order valence-electron chi connectivity index (χ2n) is 8.48. The molecule has 4 rings (SSSR count). The molecule has 0 saturated carbocycles. The van der Waals surface area contributed by atoms with Gasteiger partial charge >= 0.3 is 0 Å². The molecule has 3 aromatic rings. The van der Waals surface area contributed by atoms with Gasteiger partial charge in [-0.25, -0.2) is 4.98 Å². The summed E-state index contributed by atoms with van der Waals surface area (Å²) in [4.78, 5) is 12.0. The second kappa shape index (κ2) is 14.2. The van der Waals surface area contributed by atoms with Gasteiger partial charge in [-0.1, -0.05) is 36.8 Å². The number of imidazole rings is 1. The maximum absolute atomic E-state index is 5.77. The fraction of sp³-hybridized carbons (Fsp3) is 0.462. The van der Waals surface area contributed by atoms with Crippen molar-refractivity contribution in [2.75, 3.05) is 32.7 Å². The van der Waals surface area contributed by atoms with E-state index in [1.165, 1.54) is 24.8 Å². The summed E-state index contributed by atoms with van der Waals surface area (Å²) < 4.78 is 7.98. The number of aromatic nitrogens is 2. The third-order valence-corrected chi connectivity index (χ3v) is 6.11. The van der Waals surface area contributed by atoms with Crippen LogP contribution in [0.1, 0.15) is 49.4 Å². The minimum absolute atomic E-state index is 0. The molecule has 184 valence electrons. The van der Waals surface area contributed by atoms with Crippen molar-refractivity contribution in [3.8, 4) is 0 Å². The summed E-state index contributed by atoms with van der Waals surface area (Å²) >= 11 is 0. The van der Waals surface area contributed by atoms with E-state index >= 15 is 0 Å². The minimum Gasteiger partial charge on any atom is -0.468 e. The molecule has 1 aliphatic heterocycles. The van der Waals surface area contributed by atoms with E-state index < -0.39 is 0 Å². The van der Waals surface area contributed by atoms with Crippen LogP contribution in [0.25, 0.3) is 0 Å². The van der Waals surface area contributed by atoms with Gasteiger partial charge in [0, 0.05) is 38.4 Å². The van der Waals surface area contributed by atoms with Gasteiger partial charge in [0.05, 0.1) is 18.8 Å². The zero-order valence-electron chi connectivity index (χ0n) is 20.0. The van der Waals surface area contributed by atoms with Crippen LogP contribution in [0.4, 0.5) is 0 Å². The molecule has 2 aromatic heterocycles. The molecule has 1 aromatic carbocycles. The number of rotatable bonds is 10. The second-order valence-corrected chi connectivity index (χ2v) is 8.48. The highest BCUT2D eigenvalue weighted by molar-refractivity contribution is 14.0. The molecule has 0 amide bonds. The van der Waals surface area contributed by atoms with E-state index in [1.807, 2.05) is 24.5 Å². The van der Waals surface area contributed by atoms with Crippen molar-refractivity contribution in [3.63, 3.8) is 0 Å². The smallest absolute Gasteiger partial charge is 0.191 e. The number of benzene rings is 1. The molecule has 0 bridgehead atoms. The van der Waals surface area contributed by atoms with Crippen LogP contribution in [-0.4, -0.2) is 53.1 Å². The van der Waals surface area contributed by atoms with Crippen LogP contribution in [0.2, 0.25) is 0 Å². The zero-order chi connectivity index (χ0) is 22.7. The number of nitrogens with one attached hydrogen (secondary N) is 2. The van der Waals surface area contributed by atoms with E-state index in [0.717, 1.165) is 56.7 Å². The Morgan fingerprint density at radius 3 is 2.65 bits per heavy atom. The van der Waals surface area contributed by atoms with Gasteiger partial charge in [-0.2, -0.15) is 0 Å². The summed E-state index contributed by atoms with van der Waals surface area (Å²) in [7, 11) is 0. The van der Waals surface area contributed by atoms with Gasteiger partial charge < -0.3 is 19.6 Å². The molecule has 0 aliphatic carbocycles. The van der Waals surface area contributed by atoms with Crippen LogP contribution in [0.3, 0.4) is 0 Å². The van der Waals surface area contributed by atoms with E-state index in [2.05, 4.69) is 62.3 Å². The molecule has 7 nitrogen and oxygen atoms in total. The molecule has 1 atom stereocenters. The molecule has 0 radical (unpaired) electrons. The summed E-state index contributed by atoms with van der Waals surface area (Å²) in [6.07, 6.45) is 10.3. The van der Waals surface area contributed by atoms with Crippen molar-refractivity contribution in [3.05, 3.63) is 78.3 Å². The number of piperidine rings is 1. The largest absolute Gasteiger partial charge is 0.468 e. The quantitative estimate of drug-likeness (QED) is 0.212. The molecule has 0 spiro atoms. The number of likely N-dealkylation sites (tertiary alicyclic amines) is 1. The molecule has 1 saturated heterocycles. The van der Waals surface area contributed by atoms with Crippen LogP contribution in [0, 0.1) is 0 Å². The lowest BCUT2D eigenvalue weighted by Crippen LogP contribution is -2.40. The highest BCUT2D eigenvalue weighted by Gasteiger charge is 2.24. The molecule has 2 N–H and O–H groups in total. The van der Waals surface area contributed by atoms with Crippen LogP contribution in [0.5, 0.6) is 0 Å². The van der Waals surface area contributed by atoms with Crippen molar-refractivity contribution in [1.82, 2.24) is 25.1 Å². The predicted octanol–water partition coefficient (Wildman–Crippen LogP) is 4.47. The van der Waals surface area contributed by atoms with Gasteiger partial charge in [0.15, 0.2) is 5.96 Å². The molecule has 8 heteroatoms. The monoisotopic (exact) mass is 576 g/mol. The maximum Gasteiger partial charge on any atom is 0.191 e. The summed E-state index contributed by atoms with van der Waals surface area (Å²) in [5, 5.41) is 6.87. The first-order valence-corrected chi connectivity index (χ1v) is 12.2. The Morgan fingerprint density at radius 2 is 1.91 bits per heavy atom. The van der Waals surface area contributed by atoms with E-state index in [4.69, 9.17) is 9.41 Å². The number of hydrogen-bond acceptors (Lipinski definition) is 4. The number of guanidine groups is 1. The van der Waals surface area contributed by atoms with Crippen molar-refractivity contribution in [2.45, 2.75) is 45.2 Å². The number of halogens is 1. The van der Waals surface area contributed by atoms with Crippen LogP contribution in [-0.2, 0) is 13.0 Å². The lowest BCUT2D eigenvalue weighted by Gasteiger charge is -2.32. The zero-order valence-corrected chi connectivity index (χ0v) is 22.4. The van der Waals surface area contributed by atoms with Gasteiger partial charge in [-0.05, 0) is 50.6 Å². The summed E-state index contributed by atoms with van der Waals surface area (Å²) in [5.74, 6) is 2.91. The van der Waals surface area contributed by atoms with Crippen LogP contribution >= 0.6 is 24.0 Å². The number of furan rings is 1. The predicted molar refractivity (Wildman–Crippen MR) is 148 cm³/mol. The normalized spacial score (nSPS) is 15.5. The third kappa shape index (κ3) is 7.59. The van der Waals surface area contributed by atoms with Gasteiger partial charge in [0.2, 0.25) is 0 Å². The fourth-order valence-corrected chi connectivity index (χ4v) is 4.40. The average molecular weight is 577 g/mol. The first-order valence-electron chi connectivity index (χ1n) is 12.2. The third-order valence-electron chi connectivity index (χ3n) is 6.11.